The first-order chi connectivity index (χ1) is 13.9. The lowest BCUT2D eigenvalue weighted by atomic mass is 10.0. The maximum absolute atomic E-state index is 13.0. The van der Waals surface area contributed by atoms with Crippen molar-refractivity contribution < 1.29 is 19.1 Å². The third kappa shape index (κ3) is 4.78. The first-order valence-electron chi connectivity index (χ1n) is 9.29. The van der Waals surface area contributed by atoms with E-state index in [-0.39, 0.29) is 36.8 Å². The van der Waals surface area contributed by atoms with E-state index in [2.05, 4.69) is 5.32 Å². The van der Waals surface area contributed by atoms with Crippen molar-refractivity contribution in [2.24, 2.45) is 0 Å². The van der Waals surface area contributed by atoms with Crippen LogP contribution in [0.25, 0.3) is 5.57 Å². The molecule has 0 atom stereocenters. The smallest absolute Gasteiger partial charge is 0.278 e. The molecule has 0 spiro atoms. The number of methoxy groups -OCH3 is 1. The van der Waals surface area contributed by atoms with E-state index in [9.17, 15) is 9.59 Å². The van der Waals surface area contributed by atoms with Gasteiger partial charge < -0.3 is 14.8 Å². The monoisotopic (exact) mass is 414 g/mol. The van der Waals surface area contributed by atoms with Crippen LogP contribution in [-0.2, 0) is 14.3 Å². The van der Waals surface area contributed by atoms with Gasteiger partial charge in [0.1, 0.15) is 11.4 Å². The molecule has 1 aliphatic rings. The van der Waals surface area contributed by atoms with Gasteiger partial charge in [0.2, 0.25) is 0 Å². The Morgan fingerprint density at radius 3 is 2.24 bits per heavy atom. The van der Waals surface area contributed by atoms with Crippen LogP contribution in [0.2, 0.25) is 5.02 Å². The highest BCUT2D eigenvalue weighted by Gasteiger charge is 2.38. The van der Waals surface area contributed by atoms with Crippen molar-refractivity contribution >= 4 is 34.7 Å². The largest absolute Gasteiger partial charge is 0.491 e. The Kier molecular flexibility index (Phi) is 6.56. The molecule has 2 amide bonds. The van der Waals surface area contributed by atoms with E-state index < -0.39 is 0 Å². The fourth-order valence-corrected chi connectivity index (χ4v) is 3.12. The zero-order valence-electron chi connectivity index (χ0n) is 16.6. The van der Waals surface area contributed by atoms with Crippen molar-refractivity contribution in [1.29, 1.82) is 0 Å². The number of carbonyl (C=O) groups excluding carboxylic acids is 2. The molecular formula is C22H23ClN2O4. The number of amides is 2. The Morgan fingerprint density at radius 2 is 1.66 bits per heavy atom. The van der Waals surface area contributed by atoms with Crippen LogP contribution in [0.4, 0.5) is 5.69 Å². The van der Waals surface area contributed by atoms with Crippen LogP contribution in [0.5, 0.6) is 5.75 Å². The second-order valence-electron chi connectivity index (χ2n) is 6.83. The zero-order chi connectivity index (χ0) is 21.0. The molecule has 1 aliphatic heterocycles. The Balaban J connectivity index is 1.94. The van der Waals surface area contributed by atoms with Gasteiger partial charge in [0.25, 0.3) is 11.8 Å². The molecule has 0 aromatic heterocycles. The van der Waals surface area contributed by atoms with Crippen molar-refractivity contribution in [3.63, 3.8) is 0 Å². The van der Waals surface area contributed by atoms with E-state index in [0.29, 0.717) is 21.8 Å². The number of nitrogens with zero attached hydrogens (tertiary/aromatic N) is 1. The fourth-order valence-electron chi connectivity index (χ4n) is 3.00. The maximum Gasteiger partial charge on any atom is 0.278 e. The Hall–Kier alpha value is -2.83. The summed E-state index contributed by atoms with van der Waals surface area (Å²) >= 11 is 5.98. The number of anilines is 1. The number of carbonyl (C=O) groups is 2. The summed E-state index contributed by atoms with van der Waals surface area (Å²) in [5.74, 6) is -0.0239. The van der Waals surface area contributed by atoms with Crippen LogP contribution in [0.1, 0.15) is 19.4 Å². The number of nitrogens with one attached hydrogen (secondary N) is 1. The molecule has 0 bridgehead atoms. The summed E-state index contributed by atoms with van der Waals surface area (Å²) in [5.41, 5.74) is 1.84. The van der Waals surface area contributed by atoms with Crippen LogP contribution >= 0.6 is 11.6 Å². The van der Waals surface area contributed by atoms with Gasteiger partial charge in [-0.3, -0.25) is 14.5 Å². The Morgan fingerprint density at radius 1 is 1.00 bits per heavy atom. The van der Waals surface area contributed by atoms with Crippen LogP contribution in [0.15, 0.2) is 54.2 Å². The molecule has 0 saturated heterocycles. The molecule has 1 N–H and O–H groups in total. The molecule has 0 aliphatic carbocycles. The molecule has 6 nitrogen and oxygen atoms in total. The normalized spacial score (nSPS) is 14.2. The van der Waals surface area contributed by atoms with Crippen molar-refractivity contribution in [1.82, 2.24) is 4.90 Å². The highest BCUT2D eigenvalue weighted by atomic mass is 35.5. The lowest BCUT2D eigenvalue weighted by Crippen LogP contribution is -2.35. The van der Waals surface area contributed by atoms with Gasteiger partial charge in [0.15, 0.2) is 0 Å². The Labute approximate surface area is 175 Å². The topological polar surface area (TPSA) is 67.9 Å². The van der Waals surface area contributed by atoms with Crippen LogP contribution in [-0.4, -0.2) is 43.1 Å². The number of rotatable bonds is 8. The second-order valence-corrected chi connectivity index (χ2v) is 7.26. The van der Waals surface area contributed by atoms with Crippen molar-refractivity contribution in [3.05, 3.63) is 64.8 Å². The van der Waals surface area contributed by atoms with Crippen molar-refractivity contribution in [2.75, 3.05) is 25.6 Å². The van der Waals surface area contributed by atoms with Gasteiger partial charge in [-0.25, -0.2) is 0 Å². The summed E-state index contributed by atoms with van der Waals surface area (Å²) in [6, 6.07) is 14.1. The van der Waals surface area contributed by atoms with E-state index in [4.69, 9.17) is 21.1 Å². The predicted molar refractivity (Wildman–Crippen MR) is 113 cm³/mol. The average molecular weight is 415 g/mol. The van der Waals surface area contributed by atoms with Gasteiger partial charge >= 0.3 is 0 Å². The molecular weight excluding hydrogens is 392 g/mol. The summed E-state index contributed by atoms with van der Waals surface area (Å²) in [7, 11) is 1.53. The SMILES string of the molecule is COCCN1C(=O)C(Nc2ccc(OC(C)C)cc2)=C(c2ccc(Cl)cc2)C1=O. The highest BCUT2D eigenvalue weighted by Crippen LogP contribution is 2.31. The summed E-state index contributed by atoms with van der Waals surface area (Å²) < 4.78 is 10.7. The van der Waals surface area contributed by atoms with Gasteiger partial charge in [-0.2, -0.15) is 0 Å². The van der Waals surface area contributed by atoms with Gasteiger partial charge in [-0.1, -0.05) is 23.7 Å². The molecule has 152 valence electrons. The molecule has 0 radical (unpaired) electrons. The van der Waals surface area contributed by atoms with Gasteiger partial charge in [-0.05, 0) is 55.8 Å². The predicted octanol–water partition coefficient (Wildman–Crippen LogP) is 3.97. The van der Waals surface area contributed by atoms with Crippen LogP contribution in [0, 0.1) is 0 Å². The summed E-state index contributed by atoms with van der Waals surface area (Å²) in [6.07, 6.45) is 0.0661. The van der Waals surface area contributed by atoms with Crippen molar-refractivity contribution in [2.45, 2.75) is 20.0 Å². The molecule has 1 heterocycles. The Bertz CT molecular complexity index is 921. The number of hydrogen-bond acceptors (Lipinski definition) is 5. The summed E-state index contributed by atoms with van der Waals surface area (Å²) in [4.78, 5) is 27.1. The van der Waals surface area contributed by atoms with E-state index in [1.54, 1.807) is 36.4 Å². The van der Waals surface area contributed by atoms with E-state index >= 15 is 0 Å². The zero-order valence-corrected chi connectivity index (χ0v) is 17.3. The number of halogens is 1. The summed E-state index contributed by atoms with van der Waals surface area (Å²) in [5, 5.41) is 3.66. The number of benzene rings is 2. The minimum Gasteiger partial charge on any atom is -0.491 e. The lowest BCUT2D eigenvalue weighted by molar-refractivity contribution is -0.137. The minimum atomic E-state index is -0.389. The maximum atomic E-state index is 13.0. The molecule has 0 unspecified atom stereocenters. The average Bonchev–Trinajstić information content (AvgIpc) is 2.92. The van der Waals surface area contributed by atoms with E-state index in [1.807, 2.05) is 26.0 Å². The minimum absolute atomic E-state index is 0.0661. The molecule has 2 aromatic carbocycles. The van der Waals surface area contributed by atoms with Crippen molar-refractivity contribution in [3.8, 4) is 5.75 Å². The number of imide groups is 1. The van der Waals surface area contributed by atoms with Crippen LogP contribution < -0.4 is 10.1 Å². The number of hydrogen-bond donors (Lipinski definition) is 1. The van der Waals surface area contributed by atoms with Gasteiger partial charge in [0, 0.05) is 17.8 Å². The fraction of sp³-hybridized carbons (Fsp3) is 0.273. The summed E-state index contributed by atoms with van der Waals surface area (Å²) in [6.45, 7) is 4.34. The third-order valence-electron chi connectivity index (χ3n) is 4.32. The highest BCUT2D eigenvalue weighted by molar-refractivity contribution is 6.36. The quantitative estimate of drug-likeness (QED) is 0.662. The van der Waals surface area contributed by atoms with Gasteiger partial charge in [-0.15, -0.1) is 0 Å². The van der Waals surface area contributed by atoms with Gasteiger partial charge in [0.05, 0.1) is 24.8 Å². The molecule has 0 fully saturated rings. The molecule has 29 heavy (non-hydrogen) atoms. The third-order valence-corrected chi connectivity index (χ3v) is 4.57. The molecule has 3 rings (SSSR count). The van der Waals surface area contributed by atoms with E-state index in [1.165, 1.54) is 12.0 Å². The van der Waals surface area contributed by atoms with Crippen LogP contribution in [0.3, 0.4) is 0 Å². The molecule has 2 aromatic rings. The first kappa shape index (κ1) is 20.9. The first-order valence-corrected chi connectivity index (χ1v) is 9.67. The van der Waals surface area contributed by atoms with E-state index in [0.717, 1.165) is 5.75 Å². The number of ether oxygens (including phenoxy) is 2. The standard InChI is InChI=1S/C22H23ClN2O4/c1-14(2)29-18-10-8-17(9-11-18)24-20-19(15-4-6-16(23)7-5-15)21(26)25(22(20)27)12-13-28-3/h4-11,14,24H,12-13H2,1-3H3. The lowest BCUT2D eigenvalue weighted by Gasteiger charge is -2.14. The second kappa shape index (κ2) is 9.11. The molecule has 7 heteroatoms. The molecule has 0 saturated carbocycles.